The van der Waals surface area contributed by atoms with Crippen molar-refractivity contribution in [2.24, 2.45) is 0 Å². The first-order valence-corrected chi connectivity index (χ1v) is 9.14. The van der Waals surface area contributed by atoms with Crippen LogP contribution >= 0.6 is 0 Å². The summed E-state index contributed by atoms with van der Waals surface area (Å²) < 4.78 is 1.65. The van der Waals surface area contributed by atoms with Crippen molar-refractivity contribution < 1.29 is 9.46 Å². The van der Waals surface area contributed by atoms with Gasteiger partial charge in [-0.1, -0.05) is 35.4 Å². The van der Waals surface area contributed by atoms with Gasteiger partial charge in [-0.3, -0.25) is 0 Å². The van der Waals surface area contributed by atoms with Gasteiger partial charge in [0.2, 0.25) is 11.4 Å². The fraction of sp³-hybridized carbons (Fsp3) is 0.0833. The molecule has 0 saturated heterocycles. The quantitative estimate of drug-likeness (QED) is 0.393. The van der Waals surface area contributed by atoms with Crippen LogP contribution in [0.1, 0.15) is 11.1 Å². The summed E-state index contributed by atoms with van der Waals surface area (Å²) in [6, 6.07) is 26.0. The van der Waals surface area contributed by atoms with Crippen molar-refractivity contribution in [2.45, 2.75) is 13.8 Å². The summed E-state index contributed by atoms with van der Waals surface area (Å²) in [6.07, 6.45) is 0. The summed E-state index contributed by atoms with van der Waals surface area (Å²) in [5, 5.41) is 26.1. The number of benzene rings is 2. The predicted octanol–water partition coefficient (Wildman–Crippen LogP) is 4.57. The van der Waals surface area contributed by atoms with Crippen molar-refractivity contribution in [1.29, 1.82) is 0 Å². The molecule has 4 aromatic rings. The molecule has 0 bridgehead atoms. The highest BCUT2D eigenvalue weighted by Crippen LogP contribution is 2.22. The van der Waals surface area contributed by atoms with Gasteiger partial charge in [0.05, 0.1) is 0 Å². The molecule has 4 rings (SSSR count). The molecule has 28 heavy (non-hydrogen) atoms. The van der Waals surface area contributed by atoms with Crippen LogP contribution in [0, 0.1) is 24.3 Å². The van der Waals surface area contributed by atoms with Gasteiger partial charge in [-0.05, 0) is 50.2 Å². The van der Waals surface area contributed by atoms with Gasteiger partial charge in [0, 0.05) is 35.4 Å². The van der Waals surface area contributed by atoms with Crippen LogP contribution in [0.3, 0.4) is 0 Å². The van der Waals surface area contributed by atoms with Crippen molar-refractivity contribution in [3.05, 3.63) is 106 Å². The summed E-state index contributed by atoms with van der Waals surface area (Å²) >= 11 is 0. The SMILES string of the molecule is Cc1ccc(-c2cccc(-c3cccc(-c4ccc(C)cc4)[n+]3[O-])[n+]2[O-])cc1. The van der Waals surface area contributed by atoms with Gasteiger partial charge in [-0.2, -0.15) is 9.46 Å². The van der Waals surface area contributed by atoms with Gasteiger partial charge in [0.1, 0.15) is 0 Å². The standard InChI is InChI=1S/C24H20N2O2/c1-17-9-13-19(14-10-17)21-5-3-7-23(25(21)27)24-8-4-6-22(26(24)28)20-15-11-18(2)12-16-20/h3-16H,1-2H3. The fourth-order valence-corrected chi connectivity index (χ4v) is 3.25. The lowest BCUT2D eigenvalue weighted by atomic mass is 10.1. The van der Waals surface area contributed by atoms with E-state index in [1.165, 1.54) is 0 Å². The van der Waals surface area contributed by atoms with Gasteiger partial charge in [-0.15, -0.1) is 0 Å². The first-order chi connectivity index (χ1) is 13.5. The molecule has 0 fully saturated rings. The second-order valence-corrected chi connectivity index (χ2v) is 6.91. The third-order valence-electron chi connectivity index (χ3n) is 4.85. The average molecular weight is 368 g/mol. The van der Waals surface area contributed by atoms with Gasteiger partial charge < -0.3 is 10.4 Å². The Kier molecular flexibility index (Phi) is 4.53. The first-order valence-electron chi connectivity index (χ1n) is 9.14. The molecule has 0 radical (unpaired) electrons. The Balaban J connectivity index is 1.84. The van der Waals surface area contributed by atoms with E-state index in [0.717, 1.165) is 31.7 Å². The number of hydrogen-bond donors (Lipinski definition) is 0. The van der Waals surface area contributed by atoms with E-state index in [-0.39, 0.29) is 0 Å². The highest BCUT2D eigenvalue weighted by molar-refractivity contribution is 5.61. The first kappa shape index (κ1) is 17.7. The molecule has 138 valence electrons. The molecule has 0 unspecified atom stereocenters. The van der Waals surface area contributed by atoms with E-state index in [0.29, 0.717) is 22.8 Å². The third-order valence-corrected chi connectivity index (χ3v) is 4.85. The topological polar surface area (TPSA) is 53.9 Å². The van der Waals surface area contributed by atoms with Crippen molar-refractivity contribution in [2.75, 3.05) is 0 Å². The van der Waals surface area contributed by atoms with Crippen molar-refractivity contribution in [1.82, 2.24) is 0 Å². The highest BCUT2D eigenvalue weighted by Gasteiger charge is 2.23. The predicted molar refractivity (Wildman–Crippen MR) is 110 cm³/mol. The Labute approximate surface area is 164 Å². The largest absolute Gasteiger partial charge is 0.618 e. The molecule has 2 heterocycles. The normalized spacial score (nSPS) is 10.8. The van der Waals surface area contributed by atoms with Gasteiger partial charge >= 0.3 is 0 Å². The van der Waals surface area contributed by atoms with Crippen LogP contribution < -0.4 is 9.46 Å². The van der Waals surface area contributed by atoms with Crippen molar-refractivity contribution in [3.8, 4) is 33.9 Å². The van der Waals surface area contributed by atoms with Crippen molar-refractivity contribution >= 4 is 0 Å². The summed E-state index contributed by atoms with van der Waals surface area (Å²) in [5.74, 6) is 0. The van der Waals surface area contributed by atoms with Crippen LogP contribution in [0.5, 0.6) is 0 Å². The summed E-state index contributed by atoms with van der Waals surface area (Å²) in [6.45, 7) is 4.00. The Morgan fingerprint density at radius 3 is 1.14 bits per heavy atom. The lowest BCUT2D eigenvalue weighted by Gasteiger charge is -2.12. The zero-order valence-corrected chi connectivity index (χ0v) is 15.8. The monoisotopic (exact) mass is 368 g/mol. The maximum absolute atomic E-state index is 13.1. The van der Waals surface area contributed by atoms with Crippen molar-refractivity contribution in [3.63, 3.8) is 0 Å². The minimum absolute atomic E-state index is 0.321. The Morgan fingerprint density at radius 2 is 0.786 bits per heavy atom. The number of hydrogen-bond acceptors (Lipinski definition) is 2. The molecule has 0 aliphatic rings. The molecule has 4 nitrogen and oxygen atoms in total. The number of nitrogens with zero attached hydrogens (tertiary/aromatic N) is 2. The lowest BCUT2D eigenvalue weighted by Crippen LogP contribution is -2.39. The van der Waals surface area contributed by atoms with E-state index >= 15 is 0 Å². The number of aryl methyl sites for hydroxylation is 2. The minimum Gasteiger partial charge on any atom is -0.618 e. The van der Waals surface area contributed by atoms with Crippen LogP contribution in [-0.2, 0) is 0 Å². The van der Waals surface area contributed by atoms with Crippen LogP contribution in [-0.4, -0.2) is 0 Å². The van der Waals surface area contributed by atoms with Gasteiger partial charge in [0.15, 0.2) is 0 Å². The molecular formula is C24H20N2O2. The zero-order valence-electron chi connectivity index (χ0n) is 15.8. The molecule has 0 aliphatic carbocycles. The summed E-state index contributed by atoms with van der Waals surface area (Å²) in [4.78, 5) is 0. The molecule has 0 saturated carbocycles. The molecule has 0 spiro atoms. The molecule has 0 aliphatic heterocycles. The lowest BCUT2D eigenvalue weighted by molar-refractivity contribution is -0.614. The fourth-order valence-electron chi connectivity index (χ4n) is 3.25. The van der Waals surface area contributed by atoms with E-state index in [1.807, 2.05) is 62.4 Å². The maximum Gasteiger partial charge on any atom is 0.290 e. The minimum atomic E-state index is 0.321. The number of pyridine rings is 2. The van der Waals surface area contributed by atoms with E-state index in [4.69, 9.17) is 0 Å². The van der Waals surface area contributed by atoms with E-state index < -0.39 is 0 Å². The second-order valence-electron chi connectivity index (χ2n) is 6.91. The van der Waals surface area contributed by atoms with E-state index in [9.17, 15) is 10.4 Å². The molecule has 2 aromatic heterocycles. The number of aromatic nitrogens is 2. The number of rotatable bonds is 3. The zero-order chi connectivity index (χ0) is 19.7. The van der Waals surface area contributed by atoms with Crippen LogP contribution in [0.2, 0.25) is 0 Å². The third kappa shape index (κ3) is 3.21. The Morgan fingerprint density at radius 1 is 0.464 bits per heavy atom. The molecule has 0 atom stereocenters. The highest BCUT2D eigenvalue weighted by atomic mass is 16.5. The summed E-state index contributed by atoms with van der Waals surface area (Å²) in [5.41, 5.74) is 5.55. The van der Waals surface area contributed by atoms with E-state index in [1.54, 1.807) is 36.4 Å². The van der Waals surface area contributed by atoms with Gasteiger partial charge in [0.25, 0.3) is 11.4 Å². The smallest absolute Gasteiger partial charge is 0.290 e. The van der Waals surface area contributed by atoms with Crippen LogP contribution in [0.4, 0.5) is 0 Å². The maximum atomic E-state index is 13.1. The van der Waals surface area contributed by atoms with Crippen LogP contribution in [0.15, 0.2) is 84.9 Å². The average Bonchev–Trinajstić information content (AvgIpc) is 2.70. The molecule has 0 N–H and O–H groups in total. The second kappa shape index (κ2) is 7.16. The Bertz CT molecular complexity index is 1040. The molecule has 4 heteroatoms. The van der Waals surface area contributed by atoms with E-state index in [2.05, 4.69) is 0 Å². The summed E-state index contributed by atoms with van der Waals surface area (Å²) in [7, 11) is 0. The molecule has 0 amide bonds. The molecule has 2 aromatic carbocycles. The molecular weight excluding hydrogens is 348 g/mol. The van der Waals surface area contributed by atoms with Gasteiger partial charge in [-0.25, -0.2) is 0 Å². The Hall–Kier alpha value is -3.66. The van der Waals surface area contributed by atoms with Crippen LogP contribution in [0.25, 0.3) is 33.9 Å².